The van der Waals surface area contributed by atoms with E-state index < -0.39 is 0 Å². The number of Topliss-reactive ketones (excluding diaryl/α,β-unsaturated/α-hetero) is 1. The molecule has 0 spiro atoms. The van der Waals surface area contributed by atoms with E-state index in [2.05, 4.69) is 27.8 Å². The van der Waals surface area contributed by atoms with E-state index in [0.717, 1.165) is 5.56 Å². The van der Waals surface area contributed by atoms with Gasteiger partial charge in [0.25, 0.3) is 0 Å². The van der Waals surface area contributed by atoms with Crippen LogP contribution in [-0.4, -0.2) is 5.78 Å². The Balaban J connectivity index is 2.75. The molecule has 0 radical (unpaired) electrons. The number of hydrogen-bond acceptors (Lipinski definition) is 1. The van der Waals surface area contributed by atoms with Crippen molar-refractivity contribution < 1.29 is 4.79 Å². The first-order valence-corrected chi connectivity index (χ1v) is 4.92. The van der Waals surface area contributed by atoms with Crippen LogP contribution in [0.2, 0.25) is 0 Å². The molecule has 70 valence electrons. The van der Waals surface area contributed by atoms with E-state index >= 15 is 0 Å². The number of hydrogen-bond donors (Lipinski definition) is 0. The lowest BCUT2D eigenvalue weighted by molar-refractivity contribution is -0.112. The molecule has 0 aliphatic heterocycles. The lowest BCUT2D eigenvalue weighted by atomic mass is 10.2. The largest absolute Gasteiger partial charge is 0.294 e. The Morgan fingerprint density at radius 2 is 2.00 bits per heavy atom. The predicted molar refractivity (Wildman–Crippen MR) is 61.0 cm³/mol. The molecule has 0 unspecified atom stereocenters. The number of benzene rings is 1. The maximum atomic E-state index is 10.8. The highest BCUT2D eigenvalue weighted by atomic mass is 79.9. The van der Waals surface area contributed by atoms with Crippen LogP contribution < -0.4 is 0 Å². The molecule has 0 heterocycles. The third kappa shape index (κ3) is 3.59. The number of carbonyl (C=O) groups excluding carboxylic acids is 1. The van der Waals surface area contributed by atoms with Crippen molar-refractivity contribution in [3.05, 3.63) is 46.5 Å². The second-order valence-corrected chi connectivity index (χ2v) is 3.54. The molecular weight excluding hydrogens is 240 g/mol. The Hall–Kier alpha value is -1.33. The van der Waals surface area contributed by atoms with Crippen molar-refractivity contribution in [2.75, 3.05) is 0 Å². The highest BCUT2D eigenvalue weighted by molar-refractivity contribution is 9.12. The van der Waals surface area contributed by atoms with Gasteiger partial charge in [-0.15, -0.1) is 0 Å². The maximum absolute atomic E-state index is 10.8. The van der Waals surface area contributed by atoms with Crippen molar-refractivity contribution in [3.8, 4) is 11.8 Å². The van der Waals surface area contributed by atoms with Crippen molar-refractivity contribution in [1.82, 2.24) is 0 Å². The first kappa shape index (κ1) is 10.7. The van der Waals surface area contributed by atoms with Gasteiger partial charge in [0.15, 0.2) is 5.78 Å². The Morgan fingerprint density at radius 1 is 1.36 bits per heavy atom. The van der Waals surface area contributed by atoms with Gasteiger partial charge in [0, 0.05) is 11.6 Å². The molecule has 0 saturated carbocycles. The summed E-state index contributed by atoms with van der Waals surface area (Å²) in [6.45, 7) is 1.49. The van der Waals surface area contributed by atoms with E-state index in [1.165, 1.54) is 6.92 Å². The van der Waals surface area contributed by atoms with Crippen LogP contribution in [-0.2, 0) is 4.79 Å². The van der Waals surface area contributed by atoms with Gasteiger partial charge in [-0.1, -0.05) is 30.0 Å². The monoisotopic (exact) mass is 248 g/mol. The summed E-state index contributed by atoms with van der Waals surface area (Å²) in [6.07, 6.45) is 1.56. The van der Waals surface area contributed by atoms with Crippen molar-refractivity contribution in [2.24, 2.45) is 0 Å². The average Bonchev–Trinajstić information content (AvgIpc) is 2.19. The average molecular weight is 249 g/mol. The van der Waals surface area contributed by atoms with Crippen molar-refractivity contribution >= 4 is 21.7 Å². The van der Waals surface area contributed by atoms with Gasteiger partial charge in [0.1, 0.15) is 0 Å². The molecule has 0 aliphatic rings. The predicted octanol–water partition coefficient (Wildman–Crippen LogP) is 2.91. The molecule has 2 heteroatoms. The molecule has 1 aromatic rings. The Labute approximate surface area is 92.0 Å². The van der Waals surface area contributed by atoms with Crippen LogP contribution in [0.3, 0.4) is 0 Å². The molecule has 0 amide bonds. The maximum Gasteiger partial charge on any atom is 0.167 e. The van der Waals surface area contributed by atoms with E-state index in [9.17, 15) is 4.79 Å². The van der Waals surface area contributed by atoms with Crippen molar-refractivity contribution in [1.29, 1.82) is 0 Å². The van der Waals surface area contributed by atoms with Crippen LogP contribution in [0.15, 0.2) is 40.9 Å². The fourth-order valence-corrected chi connectivity index (χ4v) is 0.920. The van der Waals surface area contributed by atoms with E-state index in [-0.39, 0.29) is 5.78 Å². The van der Waals surface area contributed by atoms with Gasteiger partial charge in [-0.2, -0.15) is 0 Å². The fourth-order valence-electron chi connectivity index (χ4n) is 0.806. The van der Waals surface area contributed by atoms with Gasteiger partial charge >= 0.3 is 0 Å². The summed E-state index contributed by atoms with van der Waals surface area (Å²) in [5.41, 5.74) is 0.938. The topological polar surface area (TPSA) is 17.1 Å². The normalized spacial score (nSPS) is 10.3. The van der Waals surface area contributed by atoms with Crippen LogP contribution >= 0.6 is 15.9 Å². The first-order valence-electron chi connectivity index (χ1n) is 4.13. The molecule has 1 rings (SSSR count). The summed E-state index contributed by atoms with van der Waals surface area (Å²) < 4.78 is 0.501. The van der Waals surface area contributed by atoms with Gasteiger partial charge in [0.2, 0.25) is 0 Å². The van der Waals surface area contributed by atoms with Gasteiger partial charge in [-0.3, -0.25) is 4.79 Å². The Morgan fingerprint density at radius 3 is 2.57 bits per heavy atom. The molecule has 0 N–H and O–H groups in total. The third-order valence-electron chi connectivity index (χ3n) is 1.53. The second-order valence-electron chi connectivity index (χ2n) is 2.68. The zero-order valence-corrected chi connectivity index (χ0v) is 9.34. The molecule has 0 atom stereocenters. The molecule has 14 heavy (non-hydrogen) atoms. The number of rotatable bonds is 1. The van der Waals surface area contributed by atoms with Crippen molar-refractivity contribution in [3.63, 3.8) is 0 Å². The lowest BCUT2D eigenvalue weighted by Crippen LogP contribution is -1.86. The van der Waals surface area contributed by atoms with Gasteiger partial charge in [-0.05, 0) is 35.0 Å². The highest BCUT2D eigenvalue weighted by Crippen LogP contribution is 2.04. The van der Waals surface area contributed by atoms with Crippen LogP contribution in [0.1, 0.15) is 12.5 Å². The molecule has 1 nitrogen and oxygen atoms in total. The van der Waals surface area contributed by atoms with Gasteiger partial charge in [0.05, 0.1) is 4.48 Å². The summed E-state index contributed by atoms with van der Waals surface area (Å²) in [4.78, 5) is 10.8. The summed E-state index contributed by atoms with van der Waals surface area (Å²) >= 11 is 3.12. The molecule has 0 fully saturated rings. The minimum Gasteiger partial charge on any atom is -0.294 e. The zero-order chi connectivity index (χ0) is 10.4. The quantitative estimate of drug-likeness (QED) is 0.552. The SMILES string of the molecule is CC(=O)C(Br)=CC#Cc1ccccc1. The van der Waals surface area contributed by atoms with E-state index in [4.69, 9.17) is 0 Å². The molecule has 0 saturated heterocycles. The molecular formula is C12H9BrO. The van der Waals surface area contributed by atoms with Gasteiger partial charge in [-0.25, -0.2) is 0 Å². The van der Waals surface area contributed by atoms with E-state index in [0.29, 0.717) is 4.48 Å². The number of halogens is 1. The molecule has 0 bridgehead atoms. The van der Waals surface area contributed by atoms with Crippen molar-refractivity contribution in [2.45, 2.75) is 6.92 Å². The first-order chi connectivity index (χ1) is 6.70. The number of carbonyl (C=O) groups is 1. The summed E-state index contributed by atoms with van der Waals surface area (Å²) in [5, 5.41) is 0. The highest BCUT2D eigenvalue weighted by Gasteiger charge is 1.94. The van der Waals surface area contributed by atoms with Crippen LogP contribution in [0.4, 0.5) is 0 Å². The molecule has 0 aromatic heterocycles. The summed E-state index contributed by atoms with van der Waals surface area (Å²) in [5.74, 6) is 5.70. The lowest BCUT2D eigenvalue weighted by Gasteiger charge is -1.86. The third-order valence-corrected chi connectivity index (χ3v) is 2.31. The summed E-state index contributed by atoms with van der Waals surface area (Å²) in [6, 6.07) is 9.62. The standard InChI is InChI=1S/C12H9BrO/c1-10(14)12(13)9-5-8-11-6-3-2-4-7-11/h2-4,6-7,9H,1H3. The number of allylic oxidation sites excluding steroid dienone is 2. The second kappa shape index (κ2) is 5.41. The molecule has 0 aliphatic carbocycles. The zero-order valence-electron chi connectivity index (χ0n) is 7.75. The van der Waals surface area contributed by atoms with E-state index in [1.54, 1.807) is 6.08 Å². The minimum atomic E-state index is -0.0210. The van der Waals surface area contributed by atoms with Crippen LogP contribution in [0.5, 0.6) is 0 Å². The number of ketones is 1. The molecule has 1 aromatic carbocycles. The summed E-state index contributed by atoms with van der Waals surface area (Å²) in [7, 11) is 0. The fraction of sp³-hybridized carbons (Fsp3) is 0.0833. The minimum absolute atomic E-state index is 0.0210. The Kier molecular flexibility index (Phi) is 4.15. The Bertz CT molecular complexity index is 407. The smallest absolute Gasteiger partial charge is 0.167 e. The van der Waals surface area contributed by atoms with Crippen LogP contribution in [0, 0.1) is 11.8 Å². The van der Waals surface area contributed by atoms with Gasteiger partial charge < -0.3 is 0 Å². The van der Waals surface area contributed by atoms with Crippen LogP contribution in [0.25, 0.3) is 0 Å². The van der Waals surface area contributed by atoms with E-state index in [1.807, 2.05) is 30.3 Å².